The maximum absolute atomic E-state index is 12.9. The number of rotatable bonds is 17. The van der Waals surface area contributed by atoms with E-state index in [1.807, 2.05) is 0 Å². The fourth-order valence-corrected chi connectivity index (χ4v) is 3.26. The second-order valence-corrected chi connectivity index (χ2v) is 9.00. The van der Waals surface area contributed by atoms with Crippen LogP contribution in [0.3, 0.4) is 0 Å². The van der Waals surface area contributed by atoms with Crippen molar-refractivity contribution in [2.45, 2.75) is 70.1 Å². The molecular formula is C20H35N5O8S. The number of primary amides is 1. The summed E-state index contributed by atoms with van der Waals surface area (Å²) < 4.78 is 0. The molecule has 0 aromatic rings. The molecule has 0 aliphatic carbocycles. The van der Waals surface area contributed by atoms with Crippen LogP contribution in [0, 0.1) is 5.92 Å². The number of hydrogen-bond donors (Lipinski definition) is 7. The van der Waals surface area contributed by atoms with Crippen LogP contribution in [-0.2, 0) is 28.8 Å². The van der Waals surface area contributed by atoms with E-state index in [9.17, 15) is 33.9 Å². The summed E-state index contributed by atoms with van der Waals surface area (Å²) in [6.45, 7) is 3.25. The summed E-state index contributed by atoms with van der Waals surface area (Å²) in [6, 6.07) is -4.76. The van der Waals surface area contributed by atoms with E-state index in [0.717, 1.165) is 0 Å². The zero-order chi connectivity index (χ0) is 26.4. The normalized spacial score (nSPS) is 14.4. The van der Waals surface area contributed by atoms with E-state index < -0.39 is 65.7 Å². The van der Waals surface area contributed by atoms with Crippen molar-refractivity contribution in [2.24, 2.45) is 17.4 Å². The smallest absolute Gasteiger partial charge is 0.326 e. The van der Waals surface area contributed by atoms with Crippen LogP contribution in [0.1, 0.15) is 46.0 Å². The maximum atomic E-state index is 12.9. The lowest BCUT2D eigenvalue weighted by Crippen LogP contribution is -2.57. The largest absolute Gasteiger partial charge is 0.481 e. The Morgan fingerprint density at radius 3 is 1.82 bits per heavy atom. The average Bonchev–Trinajstić information content (AvgIpc) is 2.74. The molecule has 14 heteroatoms. The first kappa shape index (κ1) is 31.1. The second kappa shape index (κ2) is 15.9. The molecule has 194 valence electrons. The highest BCUT2D eigenvalue weighted by Crippen LogP contribution is 2.07. The number of carboxylic acids is 2. The number of carbonyl (C=O) groups excluding carboxylic acids is 4. The molecule has 4 unspecified atom stereocenters. The van der Waals surface area contributed by atoms with Crippen LogP contribution >= 0.6 is 11.8 Å². The molecule has 0 radical (unpaired) electrons. The van der Waals surface area contributed by atoms with E-state index in [1.165, 1.54) is 11.8 Å². The van der Waals surface area contributed by atoms with Crippen LogP contribution in [0.2, 0.25) is 0 Å². The van der Waals surface area contributed by atoms with E-state index in [-0.39, 0.29) is 32.1 Å². The summed E-state index contributed by atoms with van der Waals surface area (Å²) in [5.74, 6) is -5.33. The van der Waals surface area contributed by atoms with Crippen molar-refractivity contribution in [3.8, 4) is 0 Å². The minimum atomic E-state index is -1.28. The van der Waals surface area contributed by atoms with Gasteiger partial charge in [0.1, 0.15) is 18.1 Å². The van der Waals surface area contributed by atoms with Gasteiger partial charge in [-0.05, 0) is 37.2 Å². The number of aliphatic carboxylic acids is 2. The van der Waals surface area contributed by atoms with Crippen molar-refractivity contribution in [1.29, 1.82) is 0 Å². The maximum Gasteiger partial charge on any atom is 0.326 e. The Morgan fingerprint density at radius 1 is 0.824 bits per heavy atom. The van der Waals surface area contributed by atoms with E-state index >= 15 is 0 Å². The predicted octanol–water partition coefficient (Wildman–Crippen LogP) is -1.61. The highest BCUT2D eigenvalue weighted by Gasteiger charge is 2.31. The molecule has 0 aromatic heterocycles. The van der Waals surface area contributed by atoms with Crippen LogP contribution in [0.25, 0.3) is 0 Å². The number of amides is 4. The Hall–Kier alpha value is -2.87. The van der Waals surface area contributed by atoms with Gasteiger partial charge in [0.05, 0.1) is 6.04 Å². The summed E-state index contributed by atoms with van der Waals surface area (Å²) in [4.78, 5) is 71.3. The van der Waals surface area contributed by atoms with E-state index in [4.69, 9.17) is 16.6 Å². The van der Waals surface area contributed by atoms with Gasteiger partial charge in [-0.15, -0.1) is 0 Å². The van der Waals surface area contributed by atoms with Gasteiger partial charge >= 0.3 is 11.9 Å². The zero-order valence-electron chi connectivity index (χ0n) is 19.5. The zero-order valence-corrected chi connectivity index (χ0v) is 20.4. The van der Waals surface area contributed by atoms with E-state index in [2.05, 4.69) is 16.0 Å². The molecule has 0 aliphatic heterocycles. The number of carbonyl (C=O) groups is 6. The van der Waals surface area contributed by atoms with Crippen molar-refractivity contribution >= 4 is 47.3 Å². The Balaban J connectivity index is 5.49. The molecule has 4 atom stereocenters. The molecule has 13 nitrogen and oxygen atoms in total. The lowest BCUT2D eigenvalue weighted by atomic mass is 10.0. The number of nitrogens with one attached hydrogen (secondary N) is 3. The summed E-state index contributed by atoms with van der Waals surface area (Å²) >= 11 is 1.41. The van der Waals surface area contributed by atoms with Gasteiger partial charge in [0.25, 0.3) is 0 Å². The van der Waals surface area contributed by atoms with E-state index in [0.29, 0.717) is 5.75 Å². The molecule has 4 amide bonds. The number of carboxylic acid groups (broad SMARTS) is 2. The number of hydrogen-bond acceptors (Lipinski definition) is 8. The first-order valence-electron chi connectivity index (χ1n) is 10.7. The Labute approximate surface area is 202 Å². The molecule has 0 saturated carbocycles. The Kier molecular flexibility index (Phi) is 14.5. The number of nitrogens with two attached hydrogens (primary N) is 2. The van der Waals surface area contributed by atoms with Gasteiger partial charge in [0.15, 0.2) is 0 Å². The molecule has 0 aliphatic rings. The SMILES string of the molecule is CSCCC(NC(=O)C(CCC(N)=O)NC(=O)C(N)CCC(=O)O)C(=O)NC(C(=O)O)C(C)C. The average molecular weight is 506 g/mol. The molecule has 0 spiro atoms. The lowest BCUT2D eigenvalue weighted by Gasteiger charge is -2.26. The topological polar surface area (TPSA) is 231 Å². The minimum absolute atomic E-state index is 0.171. The van der Waals surface area contributed by atoms with Gasteiger partial charge < -0.3 is 37.6 Å². The molecule has 9 N–H and O–H groups in total. The van der Waals surface area contributed by atoms with Gasteiger partial charge in [-0.25, -0.2) is 4.79 Å². The lowest BCUT2D eigenvalue weighted by molar-refractivity contribution is -0.143. The summed E-state index contributed by atoms with van der Waals surface area (Å²) in [5, 5.41) is 25.3. The fourth-order valence-electron chi connectivity index (χ4n) is 2.79. The highest BCUT2D eigenvalue weighted by molar-refractivity contribution is 7.98. The van der Waals surface area contributed by atoms with Crippen LogP contribution in [0.4, 0.5) is 0 Å². The van der Waals surface area contributed by atoms with E-state index in [1.54, 1.807) is 20.1 Å². The molecule has 34 heavy (non-hydrogen) atoms. The quantitative estimate of drug-likeness (QED) is 0.119. The third-order valence-electron chi connectivity index (χ3n) is 4.79. The van der Waals surface area contributed by atoms with Crippen LogP contribution in [0.15, 0.2) is 0 Å². The standard InChI is InChI=1S/C20H35N5O8S/c1-10(2)16(20(32)33)25-19(31)13(8-9-34-3)24-18(30)12(5-6-14(22)26)23-17(29)11(21)4-7-15(27)28/h10-13,16H,4-9,21H2,1-3H3,(H2,22,26)(H,23,29)(H,24,30)(H,25,31)(H,27,28)(H,32,33). The summed E-state index contributed by atoms with van der Waals surface area (Å²) in [6.07, 6.45) is 1.01. The van der Waals surface area contributed by atoms with Crippen molar-refractivity contribution in [3.63, 3.8) is 0 Å². The van der Waals surface area contributed by atoms with Gasteiger partial charge in [-0.1, -0.05) is 13.8 Å². The van der Waals surface area contributed by atoms with Crippen LogP contribution < -0.4 is 27.4 Å². The molecule has 0 heterocycles. The van der Waals surface area contributed by atoms with Gasteiger partial charge in [0.2, 0.25) is 23.6 Å². The molecule has 0 fully saturated rings. The van der Waals surface area contributed by atoms with Crippen molar-refractivity contribution in [1.82, 2.24) is 16.0 Å². The van der Waals surface area contributed by atoms with Gasteiger partial charge in [0, 0.05) is 12.8 Å². The Bertz CT molecular complexity index is 748. The second-order valence-electron chi connectivity index (χ2n) is 8.02. The third-order valence-corrected chi connectivity index (χ3v) is 5.44. The fraction of sp³-hybridized carbons (Fsp3) is 0.700. The summed E-state index contributed by atoms with van der Waals surface area (Å²) in [5.41, 5.74) is 10.8. The summed E-state index contributed by atoms with van der Waals surface area (Å²) in [7, 11) is 0. The van der Waals surface area contributed by atoms with Crippen molar-refractivity contribution in [3.05, 3.63) is 0 Å². The van der Waals surface area contributed by atoms with Crippen LogP contribution in [0.5, 0.6) is 0 Å². The van der Waals surface area contributed by atoms with Gasteiger partial charge in [-0.3, -0.25) is 24.0 Å². The van der Waals surface area contributed by atoms with Gasteiger partial charge in [-0.2, -0.15) is 11.8 Å². The van der Waals surface area contributed by atoms with Crippen LogP contribution in [-0.4, -0.2) is 82.0 Å². The minimum Gasteiger partial charge on any atom is -0.481 e. The predicted molar refractivity (Wildman–Crippen MR) is 125 cm³/mol. The number of thioether (sulfide) groups is 1. The molecular weight excluding hydrogens is 470 g/mol. The van der Waals surface area contributed by atoms with Crippen molar-refractivity contribution in [2.75, 3.05) is 12.0 Å². The monoisotopic (exact) mass is 505 g/mol. The van der Waals surface area contributed by atoms with Crippen molar-refractivity contribution < 1.29 is 39.0 Å². The molecule has 0 rings (SSSR count). The molecule has 0 bridgehead atoms. The first-order chi connectivity index (χ1) is 15.8. The Morgan fingerprint density at radius 2 is 1.35 bits per heavy atom. The third kappa shape index (κ3) is 12.4. The molecule has 0 saturated heterocycles. The highest BCUT2D eigenvalue weighted by atomic mass is 32.2. The molecule has 0 aromatic carbocycles. The first-order valence-corrected chi connectivity index (χ1v) is 12.1.